The number of benzene rings is 3. The van der Waals surface area contributed by atoms with Gasteiger partial charge in [0.2, 0.25) is 11.2 Å². The average molecular weight is 551 g/mol. The molecule has 3 aromatic carbocycles. The SMILES string of the molecule is O=C(O)C(O)(c1ccc(F)cc1)c1cccc(OCCCCCNC[C@H](O)c2ccc(O)c3[nH]c(=O)ccc23)c1. The molecule has 2 atom stereocenters. The van der Waals surface area contributed by atoms with Crippen LogP contribution in [0.4, 0.5) is 4.39 Å². The third kappa shape index (κ3) is 6.48. The van der Waals surface area contributed by atoms with Gasteiger partial charge in [-0.05, 0) is 73.3 Å². The molecule has 0 spiro atoms. The second-order valence-electron chi connectivity index (χ2n) is 9.46. The van der Waals surface area contributed by atoms with Gasteiger partial charge in [0.15, 0.2) is 0 Å². The number of carboxylic acids is 1. The molecule has 40 heavy (non-hydrogen) atoms. The molecule has 0 aliphatic carbocycles. The number of aromatic nitrogens is 1. The van der Waals surface area contributed by atoms with Gasteiger partial charge in [-0.15, -0.1) is 0 Å². The Balaban J connectivity index is 1.22. The molecule has 4 rings (SSSR count). The van der Waals surface area contributed by atoms with Crippen molar-refractivity contribution in [3.05, 3.63) is 106 Å². The first-order chi connectivity index (χ1) is 19.2. The number of aliphatic carboxylic acids is 1. The van der Waals surface area contributed by atoms with Gasteiger partial charge in [0.1, 0.15) is 17.3 Å². The Morgan fingerprint density at radius 2 is 1.77 bits per heavy atom. The molecule has 210 valence electrons. The number of carbonyl (C=O) groups is 1. The number of aromatic amines is 1. The van der Waals surface area contributed by atoms with Gasteiger partial charge in [0.05, 0.1) is 18.2 Å². The van der Waals surface area contributed by atoms with E-state index in [1.807, 2.05) is 0 Å². The molecule has 0 fully saturated rings. The van der Waals surface area contributed by atoms with E-state index in [2.05, 4.69) is 10.3 Å². The highest BCUT2D eigenvalue weighted by Gasteiger charge is 2.40. The predicted octanol–water partition coefficient (Wildman–Crippen LogP) is 3.57. The first kappa shape index (κ1) is 28.8. The number of aliphatic hydroxyl groups excluding tert-OH is 1. The van der Waals surface area contributed by atoms with Crippen LogP contribution in [0.2, 0.25) is 0 Å². The number of nitrogens with one attached hydrogen (secondary N) is 2. The number of fused-ring (bicyclic) bond motifs is 1. The maximum absolute atomic E-state index is 13.3. The minimum atomic E-state index is -2.35. The molecule has 4 aromatic rings. The van der Waals surface area contributed by atoms with Crippen LogP contribution >= 0.6 is 0 Å². The molecule has 0 aliphatic rings. The summed E-state index contributed by atoms with van der Waals surface area (Å²) >= 11 is 0. The zero-order valence-electron chi connectivity index (χ0n) is 21.6. The van der Waals surface area contributed by atoms with E-state index in [9.17, 15) is 34.4 Å². The fraction of sp³-hybridized carbons (Fsp3) is 0.267. The number of carboxylic acid groups (broad SMARTS) is 1. The molecule has 10 heteroatoms. The molecule has 0 radical (unpaired) electrons. The highest BCUT2D eigenvalue weighted by Crippen LogP contribution is 2.32. The monoisotopic (exact) mass is 550 g/mol. The van der Waals surface area contributed by atoms with Gasteiger partial charge in [-0.1, -0.05) is 30.3 Å². The van der Waals surface area contributed by atoms with Gasteiger partial charge >= 0.3 is 5.97 Å². The highest BCUT2D eigenvalue weighted by atomic mass is 19.1. The number of aliphatic hydroxyl groups is 2. The quantitative estimate of drug-likeness (QED) is 0.138. The maximum atomic E-state index is 13.3. The van der Waals surface area contributed by atoms with Crippen molar-refractivity contribution in [3.8, 4) is 11.5 Å². The average Bonchev–Trinajstić information content (AvgIpc) is 2.94. The minimum Gasteiger partial charge on any atom is -0.506 e. The van der Waals surface area contributed by atoms with E-state index in [1.54, 1.807) is 24.3 Å². The third-order valence-electron chi connectivity index (χ3n) is 6.69. The summed E-state index contributed by atoms with van der Waals surface area (Å²) in [5.74, 6) is -1.68. The van der Waals surface area contributed by atoms with E-state index in [0.717, 1.165) is 31.4 Å². The first-order valence-corrected chi connectivity index (χ1v) is 12.9. The summed E-state index contributed by atoms with van der Waals surface area (Å²) in [6, 6.07) is 16.9. The van der Waals surface area contributed by atoms with Crippen LogP contribution in [0.1, 0.15) is 42.1 Å². The van der Waals surface area contributed by atoms with Crippen LogP contribution < -0.4 is 15.6 Å². The topological polar surface area (TPSA) is 152 Å². The minimum absolute atomic E-state index is 0.0321. The molecular weight excluding hydrogens is 519 g/mol. The Bertz CT molecular complexity index is 1520. The molecule has 0 amide bonds. The molecule has 1 aromatic heterocycles. The van der Waals surface area contributed by atoms with E-state index >= 15 is 0 Å². The number of halogens is 1. The molecule has 1 heterocycles. The van der Waals surface area contributed by atoms with Crippen molar-refractivity contribution in [1.29, 1.82) is 0 Å². The number of ether oxygens (including phenoxy) is 1. The summed E-state index contributed by atoms with van der Waals surface area (Å²) in [5.41, 5.74) is -1.67. The summed E-state index contributed by atoms with van der Waals surface area (Å²) in [6.07, 6.45) is 1.55. The van der Waals surface area contributed by atoms with Crippen molar-refractivity contribution in [2.75, 3.05) is 19.7 Å². The number of pyridine rings is 1. The van der Waals surface area contributed by atoms with E-state index in [-0.39, 0.29) is 28.0 Å². The molecule has 0 bridgehead atoms. The van der Waals surface area contributed by atoms with Crippen LogP contribution in [0.25, 0.3) is 10.9 Å². The van der Waals surface area contributed by atoms with Gasteiger partial charge < -0.3 is 35.5 Å². The number of unbranched alkanes of at least 4 members (excludes halogenated alkanes) is 2. The fourth-order valence-electron chi connectivity index (χ4n) is 4.53. The van der Waals surface area contributed by atoms with Crippen LogP contribution in [0.5, 0.6) is 11.5 Å². The van der Waals surface area contributed by atoms with E-state index in [0.29, 0.717) is 36.4 Å². The molecular formula is C30H31FN2O7. The normalized spacial score (nSPS) is 13.6. The number of hydrogen-bond acceptors (Lipinski definition) is 7. The highest BCUT2D eigenvalue weighted by molar-refractivity contribution is 5.87. The van der Waals surface area contributed by atoms with Crippen LogP contribution in [0.3, 0.4) is 0 Å². The van der Waals surface area contributed by atoms with Crippen molar-refractivity contribution in [2.24, 2.45) is 0 Å². The zero-order chi connectivity index (χ0) is 28.7. The second kappa shape index (κ2) is 12.7. The van der Waals surface area contributed by atoms with Crippen LogP contribution in [-0.2, 0) is 10.4 Å². The van der Waals surface area contributed by atoms with E-state index < -0.39 is 23.5 Å². The van der Waals surface area contributed by atoms with Gasteiger partial charge in [-0.3, -0.25) is 4.79 Å². The third-order valence-corrected chi connectivity index (χ3v) is 6.69. The smallest absolute Gasteiger partial charge is 0.345 e. The zero-order valence-corrected chi connectivity index (χ0v) is 21.6. The molecule has 0 saturated carbocycles. The standard InChI is InChI=1S/C30H31FN2O7/c31-21-9-7-19(8-10-21)30(39,29(37)38)20-5-4-6-22(17-20)40-16-3-1-2-15-32-18-26(35)23-11-13-25(34)28-24(23)12-14-27(36)33-28/h4-14,17,26,32,34-35,39H,1-3,15-16,18H2,(H,33,36)(H,37,38)/t26-,30?/m0/s1. The summed E-state index contributed by atoms with van der Waals surface area (Å²) < 4.78 is 19.1. The van der Waals surface area contributed by atoms with Crippen molar-refractivity contribution >= 4 is 16.9 Å². The Labute approximate surface area is 229 Å². The van der Waals surface area contributed by atoms with Crippen LogP contribution in [0, 0.1) is 5.82 Å². The van der Waals surface area contributed by atoms with Crippen LogP contribution in [0.15, 0.2) is 77.6 Å². The fourth-order valence-corrected chi connectivity index (χ4v) is 4.53. The van der Waals surface area contributed by atoms with Gasteiger partial charge in [0, 0.05) is 23.6 Å². The number of H-pyrrole nitrogens is 1. The van der Waals surface area contributed by atoms with Crippen molar-refractivity contribution in [1.82, 2.24) is 10.3 Å². The lowest BCUT2D eigenvalue weighted by Crippen LogP contribution is -2.36. The lowest BCUT2D eigenvalue weighted by atomic mass is 9.86. The first-order valence-electron chi connectivity index (χ1n) is 12.9. The lowest BCUT2D eigenvalue weighted by molar-refractivity contribution is -0.155. The Kier molecular flexibility index (Phi) is 9.15. The predicted molar refractivity (Wildman–Crippen MR) is 147 cm³/mol. The number of rotatable bonds is 13. The molecule has 6 N–H and O–H groups in total. The number of phenolic OH excluding ortho intramolecular Hbond substituents is 1. The number of phenols is 1. The Morgan fingerprint density at radius 1 is 1.00 bits per heavy atom. The summed E-state index contributed by atoms with van der Waals surface area (Å²) in [7, 11) is 0. The molecule has 0 aliphatic heterocycles. The van der Waals surface area contributed by atoms with Gasteiger partial charge in [0.25, 0.3) is 0 Å². The molecule has 0 saturated heterocycles. The Hall–Kier alpha value is -4.25. The molecule has 1 unspecified atom stereocenters. The van der Waals surface area contributed by atoms with Crippen molar-refractivity contribution < 1.29 is 34.3 Å². The van der Waals surface area contributed by atoms with Crippen LogP contribution in [-0.4, -0.2) is 51.1 Å². The largest absolute Gasteiger partial charge is 0.506 e. The van der Waals surface area contributed by atoms with Crippen molar-refractivity contribution in [3.63, 3.8) is 0 Å². The second-order valence-corrected chi connectivity index (χ2v) is 9.46. The lowest BCUT2D eigenvalue weighted by Gasteiger charge is -2.25. The number of aromatic hydroxyl groups is 1. The molecule has 9 nitrogen and oxygen atoms in total. The van der Waals surface area contributed by atoms with E-state index in [1.165, 1.54) is 36.4 Å². The van der Waals surface area contributed by atoms with Crippen molar-refractivity contribution in [2.45, 2.75) is 31.0 Å². The summed E-state index contributed by atoms with van der Waals surface area (Å²) in [6.45, 7) is 1.33. The van der Waals surface area contributed by atoms with Gasteiger partial charge in [-0.25, -0.2) is 9.18 Å². The summed E-state index contributed by atoms with van der Waals surface area (Å²) in [5, 5.41) is 45.1. The maximum Gasteiger partial charge on any atom is 0.345 e. The van der Waals surface area contributed by atoms with Gasteiger partial charge in [-0.2, -0.15) is 0 Å². The summed E-state index contributed by atoms with van der Waals surface area (Å²) in [4.78, 5) is 26.1. The Morgan fingerprint density at radius 3 is 2.52 bits per heavy atom. The number of hydrogen-bond donors (Lipinski definition) is 6. The van der Waals surface area contributed by atoms with E-state index in [4.69, 9.17) is 4.74 Å².